The molecule has 0 fully saturated rings. The molecule has 0 aliphatic heterocycles. The average Bonchev–Trinajstić information content (AvgIpc) is 2.54. The van der Waals surface area contributed by atoms with Crippen molar-refractivity contribution in [3.8, 4) is 0 Å². The lowest BCUT2D eigenvalue weighted by atomic mass is 10.1. The molecule has 2 N–H and O–H groups in total. The lowest BCUT2D eigenvalue weighted by Gasteiger charge is -2.12. The summed E-state index contributed by atoms with van der Waals surface area (Å²) in [5.74, 6) is -1.22. The van der Waals surface area contributed by atoms with Crippen LogP contribution >= 0.6 is 22.6 Å². The Bertz CT molecular complexity index is 807. The van der Waals surface area contributed by atoms with Crippen molar-refractivity contribution >= 4 is 40.1 Å². The molecule has 2 aromatic carbocycles. The van der Waals surface area contributed by atoms with E-state index in [0.29, 0.717) is 16.8 Å². The van der Waals surface area contributed by atoms with Crippen LogP contribution in [0, 0.1) is 10.5 Å². The van der Waals surface area contributed by atoms with Crippen LogP contribution in [-0.2, 0) is 0 Å². The maximum absolute atomic E-state index is 12.4. The number of rotatable bonds is 4. The number of alkyl halides is 3. The highest BCUT2D eigenvalue weighted by molar-refractivity contribution is 14.1. The van der Waals surface area contributed by atoms with Gasteiger partial charge in [-0.05, 0) is 59.3 Å². The number of anilines is 1. The van der Waals surface area contributed by atoms with E-state index < -0.39 is 18.6 Å². The van der Waals surface area contributed by atoms with Crippen molar-refractivity contribution in [3.63, 3.8) is 0 Å². The van der Waals surface area contributed by atoms with Gasteiger partial charge in [-0.15, -0.1) is 0 Å². The summed E-state index contributed by atoms with van der Waals surface area (Å²) in [7, 11) is 0. The van der Waals surface area contributed by atoms with Crippen molar-refractivity contribution < 1.29 is 22.8 Å². The van der Waals surface area contributed by atoms with E-state index in [2.05, 4.69) is 5.32 Å². The van der Waals surface area contributed by atoms with Crippen molar-refractivity contribution in [2.75, 3.05) is 11.9 Å². The Labute approximate surface area is 155 Å². The normalized spacial score (nSPS) is 11.1. The maximum Gasteiger partial charge on any atom is 0.405 e. The number of carbonyl (C=O) groups excluding carboxylic acids is 2. The molecule has 8 heteroatoms. The third kappa shape index (κ3) is 5.45. The number of carbonyl (C=O) groups is 2. The Morgan fingerprint density at radius 1 is 1.08 bits per heavy atom. The topological polar surface area (TPSA) is 58.2 Å². The van der Waals surface area contributed by atoms with Gasteiger partial charge >= 0.3 is 6.18 Å². The van der Waals surface area contributed by atoms with Crippen LogP contribution in [0.3, 0.4) is 0 Å². The SMILES string of the molecule is Cc1ccc(C(=O)NCC(F)(F)F)cc1NC(=O)c1ccccc1I. The summed E-state index contributed by atoms with van der Waals surface area (Å²) in [6, 6.07) is 11.3. The average molecular weight is 462 g/mol. The Balaban J connectivity index is 2.18. The molecule has 0 unspecified atom stereocenters. The second-order valence-corrected chi connectivity index (χ2v) is 6.42. The molecule has 0 aromatic heterocycles. The zero-order chi connectivity index (χ0) is 18.6. The number of aryl methyl sites for hydroxylation is 1. The number of nitrogens with one attached hydrogen (secondary N) is 2. The first kappa shape index (κ1) is 19.2. The van der Waals surface area contributed by atoms with Crippen LogP contribution in [0.2, 0.25) is 0 Å². The third-order valence-electron chi connectivity index (χ3n) is 3.32. The van der Waals surface area contributed by atoms with E-state index in [-0.39, 0.29) is 11.5 Å². The van der Waals surface area contributed by atoms with Crippen molar-refractivity contribution in [1.82, 2.24) is 5.32 Å². The van der Waals surface area contributed by atoms with Gasteiger partial charge < -0.3 is 10.6 Å². The molecule has 0 saturated heterocycles. The fourth-order valence-electron chi connectivity index (χ4n) is 2.02. The molecule has 2 amide bonds. The number of amides is 2. The summed E-state index contributed by atoms with van der Waals surface area (Å²) < 4.78 is 37.4. The van der Waals surface area contributed by atoms with Crippen LogP contribution in [0.15, 0.2) is 42.5 Å². The van der Waals surface area contributed by atoms with Gasteiger partial charge in [0.2, 0.25) is 0 Å². The number of benzene rings is 2. The van der Waals surface area contributed by atoms with Gasteiger partial charge in [-0.25, -0.2) is 0 Å². The summed E-state index contributed by atoms with van der Waals surface area (Å²) in [5.41, 5.74) is 1.55. The summed E-state index contributed by atoms with van der Waals surface area (Å²) in [6.45, 7) is 0.312. The van der Waals surface area contributed by atoms with Gasteiger partial charge in [-0.1, -0.05) is 18.2 Å². The molecule has 2 rings (SSSR count). The molecule has 0 saturated carbocycles. The van der Waals surface area contributed by atoms with Crippen LogP contribution in [0.5, 0.6) is 0 Å². The molecule has 132 valence electrons. The minimum absolute atomic E-state index is 0.0351. The van der Waals surface area contributed by atoms with E-state index >= 15 is 0 Å². The zero-order valence-corrected chi connectivity index (χ0v) is 15.2. The van der Waals surface area contributed by atoms with E-state index in [1.54, 1.807) is 42.6 Å². The molecule has 0 atom stereocenters. The monoisotopic (exact) mass is 462 g/mol. The largest absolute Gasteiger partial charge is 0.405 e. The Kier molecular flexibility index (Phi) is 6.04. The third-order valence-corrected chi connectivity index (χ3v) is 4.26. The van der Waals surface area contributed by atoms with Gasteiger partial charge in [0.05, 0.1) is 5.56 Å². The van der Waals surface area contributed by atoms with Crippen LogP contribution in [0.1, 0.15) is 26.3 Å². The molecule has 0 radical (unpaired) electrons. The predicted octanol–water partition coefficient (Wildman–Crippen LogP) is 4.14. The Morgan fingerprint density at radius 2 is 1.76 bits per heavy atom. The Hall–Kier alpha value is -2.10. The molecule has 4 nitrogen and oxygen atoms in total. The molecular formula is C17H14F3IN2O2. The highest BCUT2D eigenvalue weighted by Gasteiger charge is 2.28. The van der Waals surface area contributed by atoms with E-state index in [1.165, 1.54) is 12.1 Å². The predicted molar refractivity (Wildman–Crippen MR) is 96.7 cm³/mol. The van der Waals surface area contributed by atoms with Crippen LogP contribution in [0.4, 0.5) is 18.9 Å². The fraction of sp³-hybridized carbons (Fsp3) is 0.176. The Morgan fingerprint density at radius 3 is 2.40 bits per heavy atom. The first-order chi connectivity index (χ1) is 11.7. The van der Waals surface area contributed by atoms with Crippen LogP contribution in [0.25, 0.3) is 0 Å². The summed E-state index contributed by atoms with van der Waals surface area (Å²) in [4.78, 5) is 24.2. The quantitative estimate of drug-likeness (QED) is 0.672. The van der Waals surface area contributed by atoms with Crippen molar-refractivity contribution in [2.24, 2.45) is 0 Å². The minimum Gasteiger partial charge on any atom is -0.343 e. The lowest BCUT2D eigenvalue weighted by Crippen LogP contribution is -2.33. The lowest BCUT2D eigenvalue weighted by molar-refractivity contribution is -0.123. The first-order valence-corrected chi connectivity index (χ1v) is 8.27. The number of hydrogen-bond acceptors (Lipinski definition) is 2. The number of halogens is 4. The van der Waals surface area contributed by atoms with E-state index in [9.17, 15) is 22.8 Å². The molecule has 25 heavy (non-hydrogen) atoms. The fourth-order valence-corrected chi connectivity index (χ4v) is 2.65. The molecule has 0 heterocycles. The highest BCUT2D eigenvalue weighted by Crippen LogP contribution is 2.20. The van der Waals surface area contributed by atoms with Gasteiger partial charge in [0.1, 0.15) is 6.54 Å². The van der Waals surface area contributed by atoms with Gasteiger partial charge in [-0.2, -0.15) is 13.2 Å². The van der Waals surface area contributed by atoms with Crippen molar-refractivity contribution in [2.45, 2.75) is 13.1 Å². The molecule has 2 aromatic rings. The van der Waals surface area contributed by atoms with Gasteiger partial charge in [0.25, 0.3) is 11.8 Å². The molecule has 0 aliphatic carbocycles. The minimum atomic E-state index is -4.48. The molecule has 0 aliphatic rings. The summed E-state index contributed by atoms with van der Waals surface area (Å²) in [6.07, 6.45) is -4.48. The van der Waals surface area contributed by atoms with E-state index in [1.807, 2.05) is 22.6 Å². The standard InChI is InChI=1S/C17H14F3IN2O2/c1-10-6-7-11(15(24)22-9-17(18,19)20)8-14(10)23-16(25)12-4-2-3-5-13(12)21/h2-8H,9H2,1H3,(H,22,24)(H,23,25). The molecule has 0 spiro atoms. The summed E-state index contributed by atoms with van der Waals surface area (Å²) >= 11 is 2.03. The molecular weight excluding hydrogens is 448 g/mol. The van der Waals surface area contributed by atoms with Crippen LogP contribution in [-0.4, -0.2) is 24.5 Å². The van der Waals surface area contributed by atoms with E-state index in [4.69, 9.17) is 0 Å². The van der Waals surface area contributed by atoms with Gasteiger partial charge in [-0.3, -0.25) is 9.59 Å². The van der Waals surface area contributed by atoms with E-state index in [0.717, 1.165) is 3.57 Å². The van der Waals surface area contributed by atoms with Crippen molar-refractivity contribution in [1.29, 1.82) is 0 Å². The smallest absolute Gasteiger partial charge is 0.343 e. The first-order valence-electron chi connectivity index (χ1n) is 7.19. The second-order valence-electron chi connectivity index (χ2n) is 5.26. The zero-order valence-electron chi connectivity index (χ0n) is 13.1. The summed E-state index contributed by atoms with van der Waals surface area (Å²) in [5, 5.41) is 4.49. The van der Waals surface area contributed by atoms with Crippen molar-refractivity contribution in [3.05, 3.63) is 62.7 Å². The van der Waals surface area contributed by atoms with Gasteiger partial charge in [0, 0.05) is 14.8 Å². The second kappa shape index (κ2) is 7.85. The molecule has 0 bridgehead atoms. The van der Waals surface area contributed by atoms with Gasteiger partial charge in [0.15, 0.2) is 0 Å². The highest BCUT2D eigenvalue weighted by atomic mass is 127. The van der Waals surface area contributed by atoms with Crippen LogP contribution < -0.4 is 10.6 Å². The number of hydrogen-bond donors (Lipinski definition) is 2. The maximum atomic E-state index is 12.4.